The minimum atomic E-state index is 1.000. The van der Waals surface area contributed by atoms with Gasteiger partial charge in [0.05, 0.1) is 40.9 Å². The van der Waals surface area contributed by atoms with E-state index in [1.807, 2.05) is 12.4 Å². The van der Waals surface area contributed by atoms with Gasteiger partial charge < -0.3 is 0 Å². The Morgan fingerprint density at radius 1 is 0.588 bits per heavy atom. The molecule has 0 unspecified atom stereocenters. The van der Waals surface area contributed by atoms with Crippen molar-refractivity contribution in [3.05, 3.63) is 33.8 Å². The van der Waals surface area contributed by atoms with Gasteiger partial charge in [0.15, 0.2) is 10.0 Å². The number of thiazole rings is 4. The molecule has 0 fully saturated rings. The molecule has 8 heteroatoms. The molecule has 0 radical (unpaired) electrons. The van der Waals surface area contributed by atoms with Crippen LogP contribution in [-0.2, 0) is 12.8 Å². The predicted octanol–water partition coefficient (Wildman–Crippen LogP) is 9.38. The molecule has 0 aliphatic rings. The van der Waals surface area contributed by atoms with Crippen LogP contribution in [0.5, 0.6) is 0 Å². The first-order valence-corrected chi connectivity index (χ1v) is 15.7. The summed E-state index contributed by atoms with van der Waals surface area (Å²) in [7, 11) is 0. The van der Waals surface area contributed by atoms with Crippen LogP contribution < -0.4 is 0 Å². The molecule has 0 N–H and O–H groups in total. The third-order valence-electron chi connectivity index (χ3n) is 5.78. The molecule has 4 nitrogen and oxygen atoms in total. The molecule has 0 amide bonds. The number of aromatic nitrogens is 4. The highest BCUT2D eigenvalue weighted by molar-refractivity contribution is 7.28. The van der Waals surface area contributed by atoms with E-state index in [1.165, 1.54) is 82.3 Å². The maximum Gasteiger partial charge on any atom is 0.152 e. The number of hydrogen-bond donors (Lipinski definition) is 0. The Labute approximate surface area is 219 Å². The van der Waals surface area contributed by atoms with Crippen molar-refractivity contribution in [2.45, 2.75) is 91.9 Å². The molecule has 182 valence electrons. The zero-order chi connectivity index (χ0) is 23.9. The largest absolute Gasteiger partial charge is 0.246 e. The maximum atomic E-state index is 4.84. The Morgan fingerprint density at radius 3 is 1.44 bits per heavy atom. The van der Waals surface area contributed by atoms with Crippen LogP contribution in [0.2, 0.25) is 0 Å². The summed E-state index contributed by atoms with van der Waals surface area (Å²) in [6.07, 6.45) is 16.2. The molecule has 0 saturated carbocycles. The summed E-state index contributed by atoms with van der Waals surface area (Å²) in [5.74, 6) is 0. The van der Waals surface area contributed by atoms with E-state index in [-0.39, 0.29) is 0 Å². The van der Waals surface area contributed by atoms with Gasteiger partial charge in [-0.3, -0.25) is 0 Å². The monoisotopic (exact) mass is 530 g/mol. The molecule has 4 heterocycles. The van der Waals surface area contributed by atoms with E-state index in [9.17, 15) is 0 Å². The lowest BCUT2D eigenvalue weighted by atomic mass is 10.1. The van der Waals surface area contributed by atoms with Crippen molar-refractivity contribution in [1.29, 1.82) is 0 Å². The number of nitrogens with zero attached hydrogens (tertiary/aromatic N) is 4. The van der Waals surface area contributed by atoms with Crippen molar-refractivity contribution < 1.29 is 0 Å². The van der Waals surface area contributed by atoms with E-state index < -0.39 is 0 Å². The molecular formula is C26H34N4S4. The van der Waals surface area contributed by atoms with E-state index in [4.69, 9.17) is 19.9 Å². The van der Waals surface area contributed by atoms with Gasteiger partial charge in [0.2, 0.25) is 0 Å². The van der Waals surface area contributed by atoms with Gasteiger partial charge in [0.1, 0.15) is 0 Å². The molecule has 34 heavy (non-hydrogen) atoms. The number of hydrogen-bond acceptors (Lipinski definition) is 8. The van der Waals surface area contributed by atoms with Crippen molar-refractivity contribution in [1.82, 2.24) is 19.9 Å². The average Bonchev–Trinajstić information content (AvgIpc) is 3.60. The molecule has 0 aromatic carbocycles. The van der Waals surface area contributed by atoms with E-state index in [1.54, 1.807) is 45.3 Å². The van der Waals surface area contributed by atoms with Crippen LogP contribution in [0.3, 0.4) is 0 Å². The second-order valence-electron chi connectivity index (χ2n) is 8.70. The molecule has 4 rings (SSSR count). The highest BCUT2D eigenvalue weighted by atomic mass is 32.1. The molecule has 0 saturated heterocycles. The third-order valence-corrected chi connectivity index (χ3v) is 10.3. The van der Waals surface area contributed by atoms with Crippen molar-refractivity contribution in [3.8, 4) is 29.5 Å². The van der Waals surface area contributed by atoms with Gasteiger partial charge in [-0.1, -0.05) is 52.4 Å². The molecule has 4 aromatic heterocycles. The summed E-state index contributed by atoms with van der Waals surface area (Å²) < 4.78 is 0. The van der Waals surface area contributed by atoms with Crippen LogP contribution in [0.15, 0.2) is 12.4 Å². The van der Waals surface area contributed by atoms with Crippen molar-refractivity contribution in [2.75, 3.05) is 0 Å². The minimum Gasteiger partial charge on any atom is -0.246 e. The zero-order valence-electron chi connectivity index (χ0n) is 20.6. The summed E-state index contributed by atoms with van der Waals surface area (Å²) in [5, 5.41) is 4.28. The molecular weight excluding hydrogens is 497 g/mol. The second kappa shape index (κ2) is 12.5. The lowest BCUT2D eigenvalue weighted by Gasteiger charge is -2.00. The van der Waals surface area contributed by atoms with Crippen molar-refractivity contribution in [3.63, 3.8) is 0 Å². The Bertz CT molecular complexity index is 1090. The standard InChI is InChI=1S/C26H34N4S4/c1-5-7-9-11-13-19-23(31-17(3)29-19)21-15-27-25(33-21)26-28-16-22(34-26)24-20(30-18(4)32-24)14-12-10-8-6-2/h15-16H,5-14H2,1-4H3. The van der Waals surface area contributed by atoms with Crippen LogP contribution in [0.4, 0.5) is 0 Å². The molecule has 4 aromatic rings. The quantitative estimate of drug-likeness (QED) is 0.162. The summed E-state index contributed by atoms with van der Waals surface area (Å²) >= 11 is 7.07. The van der Waals surface area contributed by atoms with Crippen LogP contribution in [-0.4, -0.2) is 19.9 Å². The molecule has 0 spiro atoms. The molecule has 0 aliphatic carbocycles. The van der Waals surface area contributed by atoms with E-state index in [2.05, 4.69) is 27.7 Å². The van der Waals surface area contributed by atoms with Crippen molar-refractivity contribution in [2.24, 2.45) is 0 Å². The molecule has 0 aliphatic heterocycles. The minimum absolute atomic E-state index is 1.000. The topological polar surface area (TPSA) is 51.6 Å². The van der Waals surface area contributed by atoms with Crippen LogP contribution in [0, 0.1) is 13.8 Å². The highest BCUT2D eigenvalue weighted by Crippen LogP contribution is 2.42. The number of unbranched alkanes of at least 4 members (excludes halogenated alkanes) is 6. The van der Waals surface area contributed by atoms with Gasteiger partial charge >= 0.3 is 0 Å². The van der Waals surface area contributed by atoms with Crippen molar-refractivity contribution >= 4 is 45.3 Å². The fraction of sp³-hybridized carbons (Fsp3) is 0.538. The Kier molecular flexibility index (Phi) is 9.39. The van der Waals surface area contributed by atoms with Gasteiger partial charge in [0.25, 0.3) is 0 Å². The lowest BCUT2D eigenvalue weighted by molar-refractivity contribution is 0.662. The molecule has 0 bridgehead atoms. The van der Waals surface area contributed by atoms with Gasteiger partial charge in [0, 0.05) is 12.4 Å². The highest BCUT2D eigenvalue weighted by Gasteiger charge is 2.18. The van der Waals surface area contributed by atoms with Gasteiger partial charge in [-0.2, -0.15) is 0 Å². The normalized spacial score (nSPS) is 11.5. The van der Waals surface area contributed by atoms with Crippen LogP contribution in [0.25, 0.3) is 29.5 Å². The number of rotatable bonds is 13. The van der Waals surface area contributed by atoms with Crippen LogP contribution >= 0.6 is 45.3 Å². The van der Waals surface area contributed by atoms with Gasteiger partial charge in [-0.05, 0) is 39.5 Å². The summed E-state index contributed by atoms with van der Waals surface area (Å²) in [6, 6.07) is 0. The lowest BCUT2D eigenvalue weighted by Crippen LogP contribution is -1.88. The Balaban J connectivity index is 1.50. The summed E-state index contributed by atoms with van der Waals surface area (Å²) in [4.78, 5) is 24.2. The van der Waals surface area contributed by atoms with E-state index >= 15 is 0 Å². The second-order valence-corrected chi connectivity index (χ2v) is 13.2. The first kappa shape index (κ1) is 25.6. The third kappa shape index (κ3) is 6.39. The Morgan fingerprint density at radius 2 is 1.03 bits per heavy atom. The first-order chi connectivity index (χ1) is 16.6. The smallest absolute Gasteiger partial charge is 0.152 e. The predicted molar refractivity (Wildman–Crippen MR) is 151 cm³/mol. The number of aryl methyl sites for hydroxylation is 4. The SMILES string of the molecule is CCCCCCc1nc(C)sc1-c1cnc(-c2ncc(-c3sc(C)nc3CCCCCC)s2)s1. The summed E-state index contributed by atoms with van der Waals surface area (Å²) in [5.41, 5.74) is 2.47. The fourth-order valence-corrected chi connectivity index (χ4v) is 8.09. The van der Waals surface area contributed by atoms with E-state index in [0.29, 0.717) is 0 Å². The Hall–Kier alpha value is -1.48. The molecule has 0 atom stereocenters. The fourth-order valence-electron chi connectivity index (χ4n) is 4.06. The van der Waals surface area contributed by atoms with Gasteiger partial charge in [-0.25, -0.2) is 19.9 Å². The maximum absolute atomic E-state index is 4.84. The summed E-state index contributed by atoms with van der Waals surface area (Å²) in [6.45, 7) is 8.73. The van der Waals surface area contributed by atoms with Gasteiger partial charge in [-0.15, -0.1) is 45.3 Å². The van der Waals surface area contributed by atoms with Crippen LogP contribution in [0.1, 0.15) is 86.6 Å². The zero-order valence-corrected chi connectivity index (χ0v) is 23.9. The first-order valence-electron chi connectivity index (χ1n) is 12.4. The van der Waals surface area contributed by atoms with E-state index in [0.717, 1.165) is 32.9 Å². The average molecular weight is 531 g/mol.